The monoisotopic (exact) mass is 548 g/mol. The third kappa shape index (κ3) is 8.28. The molecule has 0 radical (unpaired) electrons. The van der Waals surface area contributed by atoms with Crippen molar-refractivity contribution in [3.05, 3.63) is 58.1 Å². The minimum atomic E-state index is -1.40. The Morgan fingerprint density at radius 2 is 1.84 bits per heavy atom. The van der Waals surface area contributed by atoms with E-state index in [9.17, 15) is 13.8 Å². The number of hydrogen-bond donors (Lipinski definition) is 0. The van der Waals surface area contributed by atoms with E-state index in [0.29, 0.717) is 73.0 Å². The third-order valence-corrected chi connectivity index (χ3v) is 7.65. The van der Waals surface area contributed by atoms with Gasteiger partial charge < -0.3 is 14.4 Å². The highest BCUT2D eigenvalue weighted by atomic mass is 35.5. The van der Waals surface area contributed by atoms with Gasteiger partial charge in [-0.1, -0.05) is 29.8 Å². The number of Topliss-reactive ketones (excluding diaryl/α,β-unsaturated/α-hetero) is 1. The maximum absolute atomic E-state index is 13.0. The van der Waals surface area contributed by atoms with Crippen molar-refractivity contribution < 1.29 is 23.3 Å². The molecule has 2 aromatic rings. The Labute approximate surface area is 227 Å². The van der Waals surface area contributed by atoms with Gasteiger partial charge in [0.2, 0.25) is 0 Å². The molecule has 1 aliphatic heterocycles. The summed E-state index contributed by atoms with van der Waals surface area (Å²) in [6.45, 7) is 7.00. The summed E-state index contributed by atoms with van der Waals surface area (Å²) in [6, 6.07) is 11.1. The second-order valence-corrected chi connectivity index (χ2v) is 12.4. The van der Waals surface area contributed by atoms with Crippen molar-refractivity contribution in [3.63, 3.8) is 0 Å². The molecule has 1 heterocycles. The summed E-state index contributed by atoms with van der Waals surface area (Å²) in [4.78, 5) is 28.1. The molecule has 7 nitrogen and oxygen atoms in total. The standard InChI is InChI=1S/C28H37ClN2O5S/c1-28(2,3)36-27(33)31(16-13-20-10-6-7-11-23(20)29)15-9-8-12-24(32)22-18-21-14-17-35-26(21)25(19-22)37(34)30(4)5/h6-7,10-11,18-19H,8-9,12-17H2,1-5H3. The van der Waals surface area contributed by atoms with Crippen molar-refractivity contribution in [2.75, 3.05) is 33.8 Å². The molecule has 1 aliphatic rings. The molecule has 1 atom stereocenters. The van der Waals surface area contributed by atoms with Gasteiger partial charge in [0.25, 0.3) is 0 Å². The fourth-order valence-electron chi connectivity index (χ4n) is 4.07. The first-order valence-electron chi connectivity index (χ1n) is 12.6. The van der Waals surface area contributed by atoms with Crippen molar-refractivity contribution >= 4 is 34.5 Å². The van der Waals surface area contributed by atoms with Crippen LogP contribution in [0.25, 0.3) is 0 Å². The van der Waals surface area contributed by atoms with Gasteiger partial charge in [0.05, 0.1) is 11.5 Å². The predicted octanol–water partition coefficient (Wildman–Crippen LogP) is 5.69. The van der Waals surface area contributed by atoms with Crippen LogP contribution in [0, 0.1) is 0 Å². The predicted molar refractivity (Wildman–Crippen MR) is 147 cm³/mol. The van der Waals surface area contributed by atoms with Crippen LogP contribution in [0.15, 0.2) is 41.3 Å². The number of ether oxygens (including phenoxy) is 2. The number of unbranched alkanes of at least 4 members (excludes halogenated alkanes) is 1. The minimum absolute atomic E-state index is 0.00779. The second-order valence-electron chi connectivity index (χ2n) is 10.3. The van der Waals surface area contributed by atoms with Crippen LogP contribution in [0.1, 0.15) is 61.5 Å². The van der Waals surface area contributed by atoms with Gasteiger partial charge >= 0.3 is 6.09 Å². The van der Waals surface area contributed by atoms with Crippen LogP contribution in [-0.4, -0.2) is 64.7 Å². The largest absolute Gasteiger partial charge is 0.492 e. The third-order valence-electron chi connectivity index (χ3n) is 5.93. The van der Waals surface area contributed by atoms with E-state index in [1.165, 1.54) is 0 Å². The van der Waals surface area contributed by atoms with E-state index in [0.717, 1.165) is 11.1 Å². The summed E-state index contributed by atoms with van der Waals surface area (Å²) in [5, 5.41) is 0.673. The number of nitrogens with zero attached hydrogens (tertiary/aromatic N) is 2. The summed E-state index contributed by atoms with van der Waals surface area (Å²) in [5.74, 6) is 0.627. The lowest BCUT2D eigenvalue weighted by Gasteiger charge is -2.27. The number of fused-ring (bicyclic) bond motifs is 1. The fourth-order valence-corrected chi connectivity index (χ4v) is 5.27. The molecule has 9 heteroatoms. The van der Waals surface area contributed by atoms with E-state index in [4.69, 9.17) is 21.1 Å². The Morgan fingerprint density at radius 3 is 2.51 bits per heavy atom. The SMILES string of the molecule is CN(C)S(=O)c1cc(C(=O)CCCCN(CCc2ccccc2Cl)C(=O)OC(C)(C)C)cc2c1OCC2. The molecule has 3 rings (SSSR count). The molecule has 1 amide bonds. The summed E-state index contributed by atoms with van der Waals surface area (Å²) in [7, 11) is 2.06. The molecule has 0 spiro atoms. The average Bonchev–Trinajstić information content (AvgIpc) is 3.31. The molecule has 0 saturated heterocycles. The highest BCUT2D eigenvalue weighted by Crippen LogP contribution is 2.34. The number of rotatable bonds is 11. The van der Waals surface area contributed by atoms with Crippen LogP contribution in [0.4, 0.5) is 4.79 Å². The number of amides is 1. The number of carbonyl (C=O) groups excluding carboxylic acids is 2. The maximum Gasteiger partial charge on any atom is 0.410 e. The molecule has 0 aliphatic carbocycles. The number of ketones is 1. The first-order valence-corrected chi connectivity index (χ1v) is 14.1. The van der Waals surface area contributed by atoms with Crippen molar-refractivity contribution in [1.29, 1.82) is 0 Å². The van der Waals surface area contributed by atoms with Crippen LogP contribution < -0.4 is 4.74 Å². The molecule has 202 valence electrons. The van der Waals surface area contributed by atoms with Crippen molar-refractivity contribution in [1.82, 2.24) is 9.21 Å². The van der Waals surface area contributed by atoms with E-state index in [-0.39, 0.29) is 11.9 Å². The van der Waals surface area contributed by atoms with Gasteiger partial charge in [-0.2, -0.15) is 0 Å². The van der Waals surface area contributed by atoms with Gasteiger partial charge in [0.1, 0.15) is 22.3 Å². The van der Waals surface area contributed by atoms with Gasteiger partial charge in [-0.05, 0) is 83.5 Å². The van der Waals surface area contributed by atoms with E-state index < -0.39 is 16.6 Å². The summed E-state index contributed by atoms with van der Waals surface area (Å²) < 4.78 is 25.6. The topological polar surface area (TPSA) is 76.2 Å². The number of hydrogen-bond acceptors (Lipinski definition) is 5. The lowest BCUT2D eigenvalue weighted by molar-refractivity contribution is 0.0249. The van der Waals surface area contributed by atoms with Crippen LogP contribution in [0.5, 0.6) is 5.75 Å². The Morgan fingerprint density at radius 1 is 1.11 bits per heavy atom. The van der Waals surface area contributed by atoms with Crippen molar-refractivity contribution in [2.45, 2.75) is 63.4 Å². The van der Waals surface area contributed by atoms with Gasteiger partial charge in [-0.25, -0.2) is 13.3 Å². The number of halogens is 1. The molecular weight excluding hydrogens is 512 g/mol. The zero-order chi connectivity index (χ0) is 27.2. The molecule has 0 saturated carbocycles. The average molecular weight is 549 g/mol. The van der Waals surface area contributed by atoms with E-state index >= 15 is 0 Å². The summed E-state index contributed by atoms with van der Waals surface area (Å²) >= 11 is 6.29. The molecule has 1 unspecified atom stereocenters. The lowest BCUT2D eigenvalue weighted by Crippen LogP contribution is -2.38. The Balaban J connectivity index is 1.61. The van der Waals surface area contributed by atoms with Gasteiger partial charge in [0.15, 0.2) is 5.78 Å². The molecule has 0 fully saturated rings. The zero-order valence-electron chi connectivity index (χ0n) is 22.3. The molecule has 0 bridgehead atoms. The minimum Gasteiger partial charge on any atom is -0.492 e. The lowest BCUT2D eigenvalue weighted by atomic mass is 10.0. The van der Waals surface area contributed by atoms with Crippen LogP contribution in [0.2, 0.25) is 5.02 Å². The molecule has 2 aromatic carbocycles. The fraction of sp³-hybridized carbons (Fsp3) is 0.500. The highest BCUT2D eigenvalue weighted by molar-refractivity contribution is 7.82. The maximum atomic E-state index is 13.0. The van der Waals surface area contributed by atoms with E-state index in [1.54, 1.807) is 29.4 Å². The van der Waals surface area contributed by atoms with Gasteiger partial charge in [0, 0.05) is 36.5 Å². The molecule has 0 N–H and O–H groups in total. The van der Waals surface area contributed by atoms with Crippen LogP contribution in [0.3, 0.4) is 0 Å². The normalized spacial score (nSPS) is 13.7. The Bertz CT molecular complexity index is 1150. The van der Waals surface area contributed by atoms with Crippen molar-refractivity contribution in [2.24, 2.45) is 0 Å². The summed E-state index contributed by atoms with van der Waals surface area (Å²) in [5.41, 5.74) is 1.85. The first-order chi connectivity index (χ1) is 17.5. The second kappa shape index (κ2) is 12.9. The smallest absolute Gasteiger partial charge is 0.410 e. The van der Waals surface area contributed by atoms with Crippen molar-refractivity contribution in [3.8, 4) is 5.75 Å². The highest BCUT2D eigenvalue weighted by Gasteiger charge is 2.25. The van der Waals surface area contributed by atoms with Gasteiger partial charge in [-0.15, -0.1) is 0 Å². The molecule has 37 heavy (non-hydrogen) atoms. The Kier molecular flexibility index (Phi) is 10.2. The first kappa shape index (κ1) is 29.1. The molecular formula is C28H37ClN2O5S. The van der Waals surface area contributed by atoms with Crippen LogP contribution in [-0.2, 0) is 28.6 Å². The number of carbonyl (C=O) groups is 2. The van der Waals surface area contributed by atoms with Crippen LogP contribution >= 0.6 is 11.6 Å². The summed E-state index contributed by atoms with van der Waals surface area (Å²) in [6.07, 6.45) is 2.54. The van der Waals surface area contributed by atoms with E-state index in [1.807, 2.05) is 51.1 Å². The number of benzene rings is 2. The quantitative estimate of drug-likeness (QED) is 0.266. The zero-order valence-corrected chi connectivity index (χ0v) is 23.9. The Hall–Kier alpha value is -2.42. The molecule has 0 aromatic heterocycles. The van der Waals surface area contributed by atoms with Gasteiger partial charge in [-0.3, -0.25) is 4.79 Å². The van der Waals surface area contributed by atoms with E-state index in [2.05, 4.69) is 0 Å².